The number of carbonyl (C=O) groups excluding carboxylic acids is 2. The van der Waals surface area contributed by atoms with Gasteiger partial charge in [0.1, 0.15) is 0 Å². The lowest BCUT2D eigenvalue weighted by Crippen LogP contribution is -2.45. The SMILES string of the molecule is CCSc1nnc(S[C@@H](C)C(=O)NC(=O)NC2CCCC2)s1. The number of rotatable bonds is 6. The molecule has 3 amide bonds. The van der Waals surface area contributed by atoms with E-state index in [9.17, 15) is 9.59 Å². The van der Waals surface area contributed by atoms with Gasteiger partial charge in [0.15, 0.2) is 8.68 Å². The fourth-order valence-electron chi connectivity index (χ4n) is 2.14. The number of nitrogens with zero attached hydrogens (tertiary/aromatic N) is 2. The maximum Gasteiger partial charge on any atom is 0.321 e. The van der Waals surface area contributed by atoms with E-state index in [1.54, 1.807) is 18.7 Å². The number of hydrogen-bond donors (Lipinski definition) is 2. The minimum Gasteiger partial charge on any atom is -0.335 e. The number of urea groups is 1. The van der Waals surface area contributed by atoms with Crippen LogP contribution >= 0.6 is 34.9 Å². The van der Waals surface area contributed by atoms with E-state index in [-0.39, 0.29) is 17.2 Å². The van der Waals surface area contributed by atoms with E-state index >= 15 is 0 Å². The summed E-state index contributed by atoms with van der Waals surface area (Å²) in [6.45, 7) is 3.81. The molecular weight excluding hydrogens is 340 g/mol. The van der Waals surface area contributed by atoms with Gasteiger partial charge in [-0.3, -0.25) is 10.1 Å². The van der Waals surface area contributed by atoms with Gasteiger partial charge in [-0.2, -0.15) is 0 Å². The molecule has 2 rings (SSSR count). The Morgan fingerprint density at radius 1 is 1.32 bits per heavy atom. The molecule has 0 aliphatic heterocycles. The van der Waals surface area contributed by atoms with Gasteiger partial charge in [0, 0.05) is 6.04 Å². The molecule has 1 atom stereocenters. The number of nitrogens with one attached hydrogen (secondary N) is 2. The Bertz CT molecular complexity index is 517. The molecular formula is C13H20N4O2S3. The van der Waals surface area contributed by atoms with Gasteiger partial charge in [0.2, 0.25) is 5.91 Å². The molecule has 122 valence electrons. The monoisotopic (exact) mass is 360 g/mol. The molecule has 6 nitrogen and oxygen atoms in total. The van der Waals surface area contributed by atoms with Gasteiger partial charge in [-0.1, -0.05) is 54.6 Å². The molecule has 0 saturated heterocycles. The molecule has 0 radical (unpaired) electrons. The maximum atomic E-state index is 12.0. The van der Waals surface area contributed by atoms with Crippen LogP contribution in [0, 0.1) is 0 Å². The highest BCUT2D eigenvalue weighted by molar-refractivity contribution is 8.03. The first-order valence-corrected chi connectivity index (χ1v) is 10.0. The standard InChI is InChI=1S/C13H20N4O2S3/c1-3-20-12-16-17-13(22-12)21-8(2)10(18)15-11(19)14-9-6-4-5-7-9/h8-9H,3-7H2,1-2H3,(H2,14,15,18,19)/t8-/m0/s1. The van der Waals surface area contributed by atoms with Gasteiger partial charge in [0.25, 0.3) is 0 Å². The topological polar surface area (TPSA) is 84.0 Å². The molecule has 0 bridgehead atoms. The lowest BCUT2D eigenvalue weighted by atomic mass is 10.2. The van der Waals surface area contributed by atoms with Crippen LogP contribution in [0.25, 0.3) is 0 Å². The van der Waals surface area contributed by atoms with Gasteiger partial charge >= 0.3 is 6.03 Å². The first kappa shape index (κ1) is 17.6. The van der Waals surface area contributed by atoms with Crippen molar-refractivity contribution in [2.24, 2.45) is 0 Å². The molecule has 1 aliphatic carbocycles. The van der Waals surface area contributed by atoms with E-state index in [0.29, 0.717) is 0 Å². The van der Waals surface area contributed by atoms with Gasteiger partial charge in [0.05, 0.1) is 5.25 Å². The molecule has 0 spiro atoms. The molecule has 9 heteroatoms. The minimum absolute atomic E-state index is 0.201. The quantitative estimate of drug-likeness (QED) is 0.759. The normalized spacial score (nSPS) is 16.5. The summed E-state index contributed by atoms with van der Waals surface area (Å²) in [6, 6.07) is -0.198. The number of amides is 3. The van der Waals surface area contributed by atoms with Gasteiger partial charge in [-0.25, -0.2) is 4.79 Å². The third-order valence-electron chi connectivity index (χ3n) is 3.23. The molecule has 1 aromatic rings. The van der Waals surface area contributed by atoms with Crippen molar-refractivity contribution in [2.45, 2.75) is 59.5 Å². The average Bonchev–Trinajstić information content (AvgIpc) is 3.11. The van der Waals surface area contributed by atoms with Gasteiger partial charge < -0.3 is 5.32 Å². The summed E-state index contributed by atoms with van der Waals surface area (Å²) in [4.78, 5) is 23.8. The molecule has 1 aromatic heterocycles. The Morgan fingerprint density at radius 3 is 2.68 bits per heavy atom. The van der Waals surface area contributed by atoms with Crippen molar-refractivity contribution in [3.63, 3.8) is 0 Å². The highest BCUT2D eigenvalue weighted by Gasteiger charge is 2.22. The van der Waals surface area contributed by atoms with Crippen molar-refractivity contribution in [2.75, 3.05) is 5.75 Å². The summed E-state index contributed by atoms with van der Waals surface area (Å²) in [5.41, 5.74) is 0. The highest BCUT2D eigenvalue weighted by atomic mass is 32.2. The Labute approximate surface area is 142 Å². The number of aromatic nitrogens is 2. The summed E-state index contributed by atoms with van der Waals surface area (Å²) >= 11 is 4.42. The maximum absolute atomic E-state index is 12.0. The summed E-state index contributed by atoms with van der Waals surface area (Å²) in [5.74, 6) is 0.636. The van der Waals surface area contributed by atoms with E-state index in [0.717, 1.165) is 40.1 Å². The second kappa shape index (κ2) is 8.73. The summed E-state index contributed by atoms with van der Waals surface area (Å²) < 4.78 is 1.64. The molecule has 1 aliphatic rings. The molecule has 1 saturated carbocycles. The predicted octanol–water partition coefficient (Wildman–Crippen LogP) is 2.90. The summed E-state index contributed by atoms with van der Waals surface area (Å²) in [5, 5.41) is 13.0. The van der Waals surface area contributed by atoms with E-state index < -0.39 is 6.03 Å². The number of thioether (sulfide) groups is 2. The number of hydrogen-bond acceptors (Lipinski definition) is 7. The zero-order valence-electron chi connectivity index (χ0n) is 12.6. The first-order chi connectivity index (χ1) is 10.6. The summed E-state index contributed by atoms with van der Waals surface area (Å²) in [6.07, 6.45) is 4.27. The lowest BCUT2D eigenvalue weighted by molar-refractivity contribution is -0.119. The molecule has 0 aromatic carbocycles. The van der Waals surface area contributed by atoms with Crippen LogP contribution in [0.15, 0.2) is 8.68 Å². The predicted molar refractivity (Wildman–Crippen MR) is 90.6 cm³/mol. The number of imide groups is 1. The van der Waals surface area contributed by atoms with Crippen molar-refractivity contribution >= 4 is 46.8 Å². The zero-order chi connectivity index (χ0) is 15.9. The third kappa shape index (κ3) is 5.44. The van der Waals surface area contributed by atoms with Crippen LogP contribution in [0.5, 0.6) is 0 Å². The molecule has 2 N–H and O–H groups in total. The molecule has 0 unspecified atom stereocenters. The van der Waals surface area contributed by atoms with Crippen LogP contribution in [0.1, 0.15) is 39.5 Å². The second-order valence-corrected chi connectivity index (χ2v) is 9.05. The van der Waals surface area contributed by atoms with Crippen LogP contribution in [0.2, 0.25) is 0 Å². The smallest absolute Gasteiger partial charge is 0.321 e. The van der Waals surface area contributed by atoms with Gasteiger partial charge in [-0.05, 0) is 25.5 Å². The largest absolute Gasteiger partial charge is 0.335 e. The zero-order valence-corrected chi connectivity index (χ0v) is 15.1. The van der Waals surface area contributed by atoms with Gasteiger partial charge in [-0.15, -0.1) is 10.2 Å². The molecule has 1 heterocycles. The Balaban J connectivity index is 1.76. The van der Waals surface area contributed by atoms with Crippen molar-refractivity contribution in [1.82, 2.24) is 20.8 Å². The Morgan fingerprint density at radius 2 is 2.00 bits per heavy atom. The lowest BCUT2D eigenvalue weighted by Gasteiger charge is -2.14. The molecule has 1 fully saturated rings. The van der Waals surface area contributed by atoms with Crippen molar-refractivity contribution in [3.05, 3.63) is 0 Å². The summed E-state index contributed by atoms with van der Waals surface area (Å²) in [7, 11) is 0. The van der Waals surface area contributed by atoms with Crippen LogP contribution in [0.4, 0.5) is 4.79 Å². The van der Waals surface area contributed by atoms with Crippen LogP contribution < -0.4 is 10.6 Å². The average molecular weight is 361 g/mol. The fourth-order valence-corrected chi connectivity index (χ4v) is 5.20. The van der Waals surface area contributed by atoms with E-state index in [2.05, 4.69) is 27.8 Å². The van der Waals surface area contributed by atoms with Crippen molar-refractivity contribution in [1.29, 1.82) is 0 Å². The number of carbonyl (C=O) groups is 2. The van der Waals surface area contributed by atoms with E-state index in [1.165, 1.54) is 23.1 Å². The Hall–Kier alpha value is -0.800. The highest BCUT2D eigenvalue weighted by Crippen LogP contribution is 2.31. The van der Waals surface area contributed by atoms with Crippen LogP contribution in [0.3, 0.4) is 0 Å². The molecule has 22 heavy (non-hydrogen) atoms. The fraction of sp³-hybridized carbons (Fsp3) is 0.692. The van der Waals surface area contributed by atoms with E-state index in [1.807, 2.05) is 0 Å². The minimum atomic E-state index is -0.399. The Kier molecular flexibility index (Phi) is 6.97. The van der Waals surface area contributed by atoms with Crippen molar-refractivity contribution < 1.29 is 9.59 Å². The van der Waals surface area contributed by atoms with Crippen LogP contribution in [-0.2, 0) is 4.79 Å². The third-order valence-corrected chi connectivity index (χ3v) is 6.35. The van der Waals surface area contributed by atoms with Crippen molar-refractivity contribution in [3.8, 4) is 0 Å². The second-order valence-electron chi connectivity index (χ2n) is 4.97. The van der Waals surface area contributed by atoms with Crippen LogP contribution in [-0.4, -0.2) is 39.2 Å². The van der Waals surface area contributed by atoms with E-state index in [4.69, 9.17) is 0 Å². The first-order valence-electron chi connectivity index (χ1n) is 7.32.